The molecular weight excluding hydrogens is 234 g/mol. The first kappa shape index (κ1) is 12.1. The van der Waals surface area contributed by atoms with E-state index in [1.807, 2.05) is 0 Å². The lowest BCUT2D eigenvalue weighted by Crippen LogP contribution is -2.27. The van der Waals surface area contributed by atoms with Crippen molar-refractivity contribution in [1.82, 2.24) is 15.5 Å². The lowest BCUT2D eigenvalue weighted by Gasteiger charge is -2.04. The van der Waals surface area contributed by atoms with E-state index >= 15 is 0 Å². The summed E-state index contributed by atoms with van der Waals surface area (Å²) in [6.07, 6.45) is 2.02. The second-order valence-corrected chi connectivity index (χ2v) is 3.79. The summed E-state index contributed by atoms with van der Waals surface area (Å²) in [5.41, 5.74) is 0.770. The number of nitrogens with one attached hydrogen (secondary N) is 1. The summed E-state index contributed by atoms with van der Waals surface area (Å²) in [6.45, 7) is 0.456. The molecule has 0 atom stereocenters. The van der Waals surface area contributed by atoms with Gasteiger partial charge in [-0.25, -0.2) is 0 Å². The van der Waals surface area contributed by atoms with Crippen LogP contribution in [-0.2, 0) is 17.6 Å². The van der Waals surface area contributed by atoms with E-state index < -0.39 is 0 Å². The summed E-state index contributed by atoms with van der Waals surface area (Å²) in [6, 6.07) is 6.63. The Balaban J connectivity index is 1.75. The third kappa shape index (κ3) is 3.58. The van der Waals surface area contributed by atoms with Gasteiger partial charge in [0.15, 0.2) is 5.82 Å². The Labute approximate surface area is 104 Å². The third-order valence-electron chi connectivity index (χ3n) is 2.35. The van der Waals surface area contributed by atoms with Gasteiger partial charge in [-0.2, -0.15) is 4.98 Å². The second kappa shape index (κ2) is 5.81. The van der Waals surface area contributed by atoms with E-state index in [1.165, 1.54) is 6.39 Å². The Morgan fingerprint density at radius 2 is 2.33 bits per heavy atom. The predicted molar refractivity (Wildman–Crippen MR) is 62.8 cm³/mol. The van der Waals surface area contributed by atoms with Gasteiger partial charge in [0.1, 0.15) is 5.75 Å². The molecule has 94 valence electrons. The van der Waals surface area contributed by atoms with Crippen LogP contribution in [0.3, 0.4) is 0 Å². The zero-order valence-electron chi connectivity index (χ0n) is 9.67. The number of carbonyl (C=O) groups excluding carboxylic acids is 1. The molecule has 6 nitrogen and oxygen atoms in total. The molecule has 0 aliphatic heterocycles. The first-order chi connectivity index (χ1) is 8.74. The monoisotopic (exact) mass is 247 g/mol. The molecule has 18 heavy (non-hydrogen) atoms. The van der Waals surface area contributed by atoms with Gasteiger partial charge in [0.25, 0.3) is 0 Å². The van der Waals surface area contributed by atoms with Gasteiger partial charge in [0, 0.05) is 13.0 Å². The number of phenols is 1. The summed E-state index contributed by atoms with van der Waals surface area (Å²) in [4.78, 5) is 15.4. The SMILES string of the molecule is O=C(Cc1cccc(O)c1)NCCc1ncon1. The topological polar surface area (TPSA) is 88.2 Å². The standard InChI is InChI=1S/C12H13N3O3/c16-10-3-1-2-9(6-10)7-12(17)13-5-4-11-14-8-18-15-11/h1-3,6,8,16H,4-5,7H2,(H,13,17). The maximum absolute atomic E-state index is 11.6. The molecule has 0 saturated carbocycles. The molecule has 1 aromatic carbocycles. The number of amides is 1. The van der Waals surface area contributed by atoms with Crippen LogP contribution in [0.1, 0.15) is 11.4 Å². The molecule has 0 spiro atoms. The van der Waals surface area contributed by atoms with Gasteiger partial charge in [-0.15, -0.1) is 0 Å². The molecule has 2 aromatic rings. The van der Waals surface area contributed by atoms with E-state index in [1.54, 1.807) is 24.3 Å². The minimum atomic E-state index is -0.107. The third-order valence-corrected chi connectivity index (χ3v) is 2.35. The van der Waals surface area contributed by atoms with Crippen LogP contribution in [0, 0.1) is 0 Å². The number of nitrogens with zero attached hydrogens (tertiary/aromatic N) is 2. The summed E-state index contributed by atoms with van der Waals surface area (Å²) in [7, 11) is 0. The molecule has 6 heteroatoms. The van der Waals surface area contributed by atoms with Crippen LogP contribution in [0.5, 0.6) is 5.75 Å². The summed E-state index contributed by atoms with van der Waals surface area (Å²) in [5.74, 6) is 0.615. The van der Waals surface area contributed by atoms with E-state index in [9.17, 15) is 9.90 Å². The number of aromatic hydroxyl groups is 1. The summed E-state index contributed by atoms with van der Waals surface area (Å²) in [5, 5.41) is 15.7. The van der Waals surface area contributed by atoms with Gasteiger partial charge >= 0.3 is 0 Å². The molecule has 1 amide bonds. The van der Waals surface area contributed by atoms with Crippen LogP contribution >= 0.6 is 0 Å². The molecule has 0 fully saturated rings. The molecule has 0 aliphatic rings. The van der Waals surface area contributed by atoms with Gasteiger partial charge in [-0.05, 0) is 17.7 Å². The first-order valence-electron chi connectivity index (χ1n) is 5.54. The van der Waals surface area contributed by atoms with Crippen molar-refractivity contribution in [1.29, 1.82) is 0 Å². The van der Waals surface area contributed by atoms with Gasteiger partial charge in [0.05, 0.1) is 6.42 Å². The molecule has 0 saturated heterocycles. The highest BCUT2D eigenvalue weighted by Crippen LogP contribution is 2.11. The number of hydrogen-bond acceptors (Lipinski definition) is 5. The molecule has 0 aliphatic carbocycles. The Bertz CT molecular complexity index is 511. The van der Waals surface area contributed by atoms with Crippen LogP contribution in [0.25, 0.3) is 0 Å². The van der Waals surface area contributed by atoms with E-state index in [0.717, 1.165) is 5.56 Å². The first-order valence-corrected chi connectivity index (χ1v) is 5.54. The summed E-state index contributed by atoms with van der Waals surface area (Å²) >= 11 is 0. The molecule has 1 heterocycles. The van der Waals surface area contributed by atoms with Crippen molar-refractivity contribution >= 4 is 5.91 Å². The number of rotatable bonds is 5. The van der Waals surface area contributed by atoms with Crippen molar-refractivity contribution in [3.05, 3.63) is 42.0 Å². The molecular formula is C12H13N3O3. The number of phenolic OH excluding ortho intramolecular Hbond substituents is 1. The van der Waals surface area contributed by atoms with Gasteiger partial charge in [-0.1, -0.05) is 17.3 Å². The Morgan fingerprint density at radius 1 is 1.44 bits per heavy atom. The van der Waals surface area contributed by atoms with Gasteiger partial charge < -0.3 is 14.9 Å². The fraction of sp³-hybridized carbons (Fsp3) is 0.250. The minimum absolute atomic E-state index is 0.107. The van der Waals surface area contributed by atoms with E-state index in [-0.39, 0.29) is 18.1 Å². The van der Waals surface area contributed by atoms with Crippen LogP contribution in [0.2, 0.25) is 0 Å². The summed E-state index contributed by atoms with van der Waals surface area (Å²) < 4.78 is 4.58. The van der Waals surface area contributed by atoms with E-state index in [0.29, 0.717) is 18.8 Å². The molecule has 0 radical (unpaired) electrons. The van der Waals surface area contributed by atoms with Crippen LogP contribution in [0.4, 0.5) is 0 Å². The predicted octanol–water partition coefficient (Wildman–Crippen LogP) is 0.677. The number of carbonyl (C=O) groups is 1. The fourth-order valence-electron chi connectivity index (χ4n) is 1.53. The largest absolute Gasteiger partial charge is 0.508 e. The van der Waals surface area contributed by atoms with Gasteiger partial charge in [0.2, 0.25) is 12.3 Å². The maximum atomic E-state index is 11.6. The Morgan fingerprint density at radius 3 is 3.06 bits per heavy atom. The van der Waals surface area contributed by atoms with Crippen molar-refractivity contribution in [3.63, 3.8) is 0 Å². The van der Waals surface area contributed by atoms with Crippen LogP contribution in [0.15, 0.2) is 35.2 Å². The van der Waals surface area contributed by atoms with Gasteiger partial charge in [-0.3, -0.25) is 4.79 Å². The van der Waals surface area contributed by atoms with E-state index in [2.05, 4.69) is 20.0 Å². The molecule has 2 N–H and O–H groups in total. The molecule has 2 rings (SSSR count). The Hall–Kier alpha value is -2.37. The van der Waals surface area contributed by atoms with Crippen molar-refractivity contribution in [2.75, 3.05) is 6.54 Å². The van der Waals surface area contributed by atoms with Crippen molar-refractivity contribution in [2.24, 2.45) is 0 Å². The zero-order chi connectivity index (χ0) is 12.8. The number of aromatic nitrogens is 2. The van der Waals surface area contributed by atoms with Crippen molar-refractivity contribution in [2.45, 2.75) is 12.8 Å². The normalized spacial score (nSPS) is 10.2. The highest BCUT2D eigenvalue weighted by atomic mass is 16.5. The molecule has 0 bridgehead atoms. The van der Waals surface area contributed by atoms with E-state index in [4.69, 9.17) is 0 Å². The smallest absolute Gasteiger partial charge is 0.224 e. The number of benzene rings is 1. The minimum Gasteiger partial charge on any atom is -0.508 e. The zero-order valence-corrected chi connectivity index (χ0v) is 9.67. The molecule has 0 unspecified atom stereocenters. The highest BCUT2D eigenvalue weighted by molar-refractivity contribution is 5.78. The lowest BCUT2D eigenvalue weighted by atomic mass is 10.1. The Kier molecular flexibility index (Phi) is 3.90. The van der Waals surface area contributed by atoms with Crippen LogP contribution < -0.4 is 5.32 Å². The quantitative estimate of drug-likeness (QED) is 0.811. The fourth-order valence-corrected chi connectivity index (χ4v) is 1.53. The van der Waals surface area contributed by atoms with Crippen molar-refractivity contribution in [3.8, 4) is 5.75 Å². The average Bonchev–Trinajstić information content (AvgIpc) is 2.82. The second-order valence-electron chi connectivity index (χ2n) is 3.79. The highest BCUT2D eigenvalue weighted by Gasteiger charge is 2.04. The number of hydrogen-bond donors (Lipinski definition) is 2. The lowest BCUT2D eigenvalue weighted by molar-refractivity contribution is -0.120. The van der Waals surface area contributed by atoms with Crippen LogP contribution in [-0.4, -0.2) is 27.7 Å². The average molecular weight is 247 g/mol. The van der Waals surface area contributed by atoms with Crippen molar-refractivity contribution < 1.29 is 14.4 Å². The molecule has 1 aromatic heterocycles. The maximum Gasteiger partial charge on any atom is 0.224 e.